The average Bonchev–Trinajstić information content (AvgIpc) is 2.39. The number of aromatic nitrogens is 1. The fourth-order valence-electron chi connectivity index (χ4n) is 1.57. The topological polar surface area (TPSA) is 39.2 Å². The standard InChI is InChI=1S/C14H12FNO2/c1-2-18-13-5-3-10(4-6-13)14(17)11-7-12(15)9-16-8-11/h3-9H,2H2,1H3. The summed E-state index contributed by atoms with van der Waals surface area (Å²) in [5.41, 5.74) is 0.713. The molecule has 0 N–H and O–H groups in total. The van der Waals surface area contributed by atoms with Gasteiger partial charge in [-0.25, -0.2) is 4.39 Å². The Morgan fingerprint density at radius 2 is 1.94 bits per heavy atom. The van der Waals surface area contributed by atoms with Gasteiger partial charge < -0.3 is 4.74 Å². The van der Waals surface area contributed by atoms with E-state index in [1.807, 2.05) is 6.92 Å². The van der Waals surface area contributed by atoms with Gasteiger partial charge in [0.05, 0.1) is 12.8 Å². The van der Waals surface area contributed by atoms with Gasteiger partial charge in [-0.15, -0.1) is 0 Å². The van der Waals surface area contributed by atoms with Crippen LogP contribution in [0.5, 0.6) is 5.75 Å². The third-order valence-corrected chi connectivity index (χ3v) is 2.39. The lowest BCUT2D eigenvalue weighted by molar-refractivity contribution is 0.103. The zero-order valence-electron chi connectivity index (χ0n) is 9.89. The summed E-state index contributed by atoms with van der Waals surface area (Å²) in [6.45, 7) is 2.46. The monoisotopic (exact) mass is 245 g/mol. The SMILES string of the molecule is CCOc1ccc(C(=O)c2cncc(F)c2)cc1. The Kier molecular flexibility index (Phi) is 3.67. The minimum Gasteiger partial charge on any atom is -0.494 e. The molecule has 1 aromatic heterocycles. The minimum atomic E-state index is -0.521. The molecular weight excluding hydrogens is 233 g/mol. The van der Waals surface area contributed by atoms with Crippen molar-refractivity contribution in [1.82, 2.24) is 4.98 Å². The highest BCUT2D eigenvalue weighted by Crippen LogP contribution is 2.15. The third kappa shape index (κ3) is 2.71. The van der Waals surface area contributed by atoms with E-state index in [0.29, 0.717) is 17.9 Å². The number of hydrogen-bond acceptors (Lipinski definition) is 3. The van der Waals surface area contributed by atoms with E-state index in [-0.39, 0.29) is 11.3 Å². The minimum absolute atomic E-state index is 0.235. The number of hydrogen-bond donors (Lipinski definition) is 0. The van der Waals surface area contributed by atoms with Crippen molar-refractivity contribution in [2.24, 2.45) is 0 Å². The van der Waals surface area contributed by atoms with Crippen LogP contribution in [-0.2, 0) is 0 Å². The van der Waals surface area contributed by atoms with Crippen LogP contribution in [0.1, 0.15) is 22.8 Å². The molecule has 0 unspecified atom stereocenters. The van der Waals surface area contributed by atoms with E-state index in [2.05, 4.69) is 4.98 Å². The largest absolute Gasteiger partial charge is 0.494 e. The Morgan fingerprint density at radius 3 is 2.56 bits per heavy atom. The van der Waals surface area contributed by atoms with Crippen molar-refractivity contribution < 1.29 is 13.9 Å². The number of nitrogens with zero attached hydrogens (tertiary/aromatic N) is 1. The van der Waals surface area contributed by atoms with E-state index >= 15 is 0 Å². The third-order valence-electron chi connectivity index (χ3n) is 2.39. The van der Waals surface area contributed by atoms with Crippen LogP contribution in [0.25, 0.3) is 0 Å². The quantitative estimate of drug-likeness (QED) is 0.777. The van der Waals surface area contributed by atoms with Crippen LogP contribution in [0.4, 0.5) is 4.39 Å². The van der Waals surface area contributed by atoms with Crippen molar-refractivity contribution in [1.29, 1.82) is 0 Å². The maximum atomic E-state index is 13.0. The van der Waals surface area contributed by atoms with Gasteiger partial charge in [0.15, 0.2) is 5.78 Å². The highest BCUT2D eigenvalue weighted by Gasteiger charge is 2.10. The first-order valence-electron chi connectivity index (χ1n) is 5.59. The Morgan fingerprint density at radius 1 is 1.22 bits per heavy atom. The second kappa shape index (κ2) is 5.40. The second-order valence-corrected chi connectivity index (χ2v) is 3.68. The molecule has 1 heterocycles. The van der Waals surface area contributed by atoms with Gasteiger partial charge in [-0.05, 0) is 37.3 Å². The molecule has 0 aliphatic heterocycles. The fraction of sp³-hybridized carbons (Fsp3) is 0.143. The Labute approximate surface area is 104 Å². The van der Waals surface area contributed by atoms with Crippen molar-refractivity contribution in [3.8, 4) is 5.75 Å². The number of rotatable bonds is 4. The van der Waals surface area contributed by atoms with Gasteiger partial charge in [-0.1, -0.05) is 0 Å². The smallest absolute Gasteiger partial charge is 0.194 e. The first-order valence-corrected chi connectivity index (χ1v) is 5.59. The molecule has 2 aromatic rings. The van der Waals surface area contributed by atoms with Crippen molar-refractivity contribution >= 4 is 5.78 Å². The summed E-state index contributed by atoms with van der Waals surface area (Å²) < 4.78 is 18.3. The zero-order valence-corrected chi connectivity index (χ0v) is 9.89. The number of benzene rings is 1. The fourth-order valence-corrected chi connectivity index (χ4v) is 1.57. The molecule has 0 fully saturated rings. The maximum absolute atomic E-state index is 13.0. The van der Waals surface area contributed by atoms with Gasteiger partial charge >= 0.3 is 0 Å². The molecule has 3 nitrogen and oxygen atoms in total. The molecule has 4 heteroatoms. The summed E-state index contributed by atoms with van der Waals surface area (Å²) >= 11 is 0. The van der Waals surface area contributed by atoms with Crippen LogP contribution in [0.2, 0.25) is 0 Å². The number of ether oxygens (including phenoxy) is 1. The Bertz CT molecular complexity index is 552. The van der Waals surface area contributed by atoms with Gasteiger partial charge in [0.1, 0.15) is 11.6 Å². The molecule has 0 saturated heterocycles. The predicted molar refractivity (Wildman–Crippen MR) is 65.2 cm³/mol. The van der Waals surface area contributed by atoms with Crippen LogP contribution in [-0.4, -0.2) is 17.4 Å². The molecule has 0 aliphatic rings. The first kappa shape index (κ1) is 12.2. The number of halogens is 1. The van der Waals surface area contributed by atoms with Crippen molar-refractivity contribution in [2.45, 2.75) is 6.92 Å². The lowest BCUT2D eigenvalue weighted by atomic mass is 10.1. The summed E-state index contributed by atoms with van der Waals surface area (Å²) in [7, 11) is 0. The summed E-state index contributed by atoms with van der Waals surface area (Å²) in [5.74, 6) is -0.0803. The van der Waals surface area contributed by atoms with Crippen LogP contribution in [0, 0.1) is 5.82 Å². The van der Waals surface area contributed by atoms with Gasteiger partial charge in [0.2, 0.25) is 0 Å². The molecule has 0 amide bonds. The normalized spacial score (nSPS) is 10.1. The molecule has 92 valence electrons. The molecule has 0 atom stereocenters. The van der Waals surface area contributed by atoms with E-state index in [0.717, 1.165) is 6.20 Å². The second-order valence-electron chi connectivity index (χ2n) is 3.68. The Hall–Kier alpha value is -2.23. The van der Waals surface area contributed by atoms with Crippen LogP contribution in [0.3, 0.4) is 0 Å². The van der Waals surface area contributed by atoms with Crippen LogP contribution in [0.15, 0.2) is 42.7 Å². The molecule has 0 aliphatic carbocycles. The summed E-state index contributed by atoms with van der Waals surface area (Å²) in [6.07, 6.45) is 2.41. The van der Waals surface area contributed by atoms with Crippen LogP contribution < -0.4 is 4.74 Å². The van der Waals surface area contributed by atoms with E-state index in [9.17, 15) is 9.18 Å². The molecule has 0 saturated carbocycles. The summed E-state index contributed by atoms with van der Waals surface area (Å²) in [4.78, 5) is 15.7. The van der Waals surface area contributed by atoms with Crippen molar-refractivity contribution in [3.05, 3.63) is 59.7 Å². The summed E-state index contributed by atoms with van der Waals surface area (Å²) in [6, 6.07) is 7.90. The highest BCUT2D eigenvalue weighted by atomic mass is 19.1. The molecule has 0 bridgehead atoms. The van der Waals surface area contributed by atoms with Gasteiger partial charge in [0.25, 0.3) is 0 Å². The van der Waals surface area contributed by atoms with Gasteiger partial charge in [-0.3, -0.25) is 9.78 Å². The van der Waals surface area contributed by atoms with E-state index in [1.165, 1.54) is 12.3 Å². The van der Waals surface area contributed by atoms with E-state index < -0.39 is 5.82 Å². The molecule has 0 radical (unpaired) electrons. The van der Waals surface area contributed by atoms with E-state index in [1.54, 1.807) is 24.3 Å². The number of pyridine rings is 1. The molecule has 1 aromatic carbocycles. The van der Waals surface area contributed by atoms with Gasteiger partial charge in [0, 0.05) is 17.3 Å². The van der Waals surface area contributed by atoms with Gasteiger partial charge in [-0.2, -0.15) is 0 Å². The van der Waals surface area contributed by atoms with E-state index in [4.69, 9.17) is 4.74 Å². The predicted octanol–water partition coefficient (Wildman–Crippen LogP) is 2.85. The number of ketones is 1. The lowest BCUT2D eigenvalue weighted by Crippen LogP contribution is -2.02. The maximum Gasteiger partial charge on any atom is 0.194 e. The number of carbonyl (C=O) groups is 1. The summed E-state index contributed by atoms with van der Waals surface area (Å²) in [5, 5.41) is 0. The highest BCUT2D eigenvalue weighted by molar-refractivity contribution is 6.08. The molecular formula is C14H12FNO2. The number of carbonyl (C=O) groups excluding carboxylic acids is 1. The van der Waals surface area contributed by atoms with Crippen LogP contribution >= 0.6 is 0 Å². The molecule has 18 heavy (non-hydrogen) atoms. The average molecular weight is 245 g/mol. The lowest BCUT2D eigenvalue weighted by Gasteiger charge is -2.04. The zero-order chi connectivity index (χ0) is 13.0. The molecule has 0 spiro atoms. The van der Waals surface area contributed by atoms with Crippen molar-refractivity contribution in [2.75, 3.05) is 6.61 Å². The van der Waals surface area contributed by atoms with Crippen molar-refractivity contribution in [3.63, 3.8) is 0 Å². The Balaban J connectivity index is 2.23. The first-order chi connectivity index (χ1) is 8.70. The molecule has 2 rings (SSSR count).